The average Bonchev–Trinajstić information content (AvgIpc) is 3.26. The Morgan fingerprint density at radius 2 is 1.77 bits per heavy atom. The van der Waals surface area contributed by atoms with E-state index < -0.39 is 15.8 Å². The molecule has 4 rings (SSSR count). The Balaban J connectivity index is 1.43. The summed E-state index contributed by atoms with van der Waals surface area (Å²) in [6, 6.07) is 13.5. The Kier molecular flexibility index (Phi) is 5.68. The van der Waals surface area contributed by atoms with Crippen LogP contribution in [-0.4, -0.2) is 53.9 Å². The van der Waals surface area contributed by atoms with Crippen molar-refractivity contribution in [3.8, 4) is 11.4 Å². The van der Waals surface area contributed by atoms with Crippen molar-refractivity contribution in [2.24, 2.45) is 0 Å². The molecule has 1 aromatic heterocycles. The summed E-state index contributed by atoms with van der Waals surface area (Å²) in [5, 5.41) is 4.06. The van der Waals surface area contributed by atoms with Crippen molar-refractivity contribution in [2.45, 2.75) is 24.8 Å². The van der Waals surface area contributed by atoms with Crippen LogP contribution in [0.4, 0.5) is 4.39 Å². The highest BCUT2D eigenvalue weighted by atomic mass is 32.2. The number of hydrogen-bond acceptors (Lipinski definition) is 6. The van der Waals surface area contributed by atoms with Crippen LogP contribution in [0.25, 0.3) is 11.4 Å². The van der Waals surface area contributed by atoms with E-state index in [9.17, 15) is 12.8 Å². The van der Waals surface area contributed by atoms with Crippen molar-refractivity contribution in [3.63, 3.8) is 0 Å². The molecule has 158 valence electrons. The molecule has 0 spiro atoms. The second-order valence-electron chi connectivity index (χ2n) is 7.35. The van der Waals surface area contributed by atoms with Gasteiger partial charge in [0.1, 0.15) is 5.82 Å². The first-order valence-electron chi connectivity index (χ1n) is 9.75. The Morgan fingerprint density at radius 3 is 2.43 bits per heavy atom. The van der Waals surface area contributed by atoms with Crippen LogP contribution >= 0.6 is 0 Å². The van der Waals surface area contributed by atoms with Crippen LogP contribution in [0.2, 0.25) is 0 Å². The molecule has 0 saturated carbocycles. The maximum atomic E-state index is 13.8. The average molecular weight is 431 g/mol. The summed E-state index contributed by atoms with van der Waals surface area (Å²) in [6.07, 6.45) is 0. The zero-order valence-corrected chi connectivity index (χ0v) is 17.6. The molecular formula is C21H23FN4O3S. The number of aryl methyl sites for hydroxylation is 1. The number of nitrogens with zero attached hydrogens (tertiary/aromatic N) is 4. The molecule has 0 aliphatic carbocycles. The molecule has 9 heteroatoms. The molecule has 7 nitrogen and oxygen atoms in total. The number of rotatable bonds is 5. The van der Waals surface area contributed by atoms with E-state index in [1.807, 2.05) is 37.3 Å². The van der Waals surface area contributed by atoms with Crippen molar-refractivity contribution in [3.05, 3.63) is 65.8 Å². The molecule has 1 fully saturated rings. The second-order valence-corrected chi connectivity index (χ2v) is 9.29. The summed E-state index contributed by atoms with van der Waals surface area (Å²) in [4.78, 5) is 6.58. The molecule has 3 aromatic rings. The Hall–Kier alpha value is -2.62. The molecule has 1 atom stereocenters. The lowest BCUT2D eigenvalue weighted by Crippen LogP contribution is -2.49. The third-order valence-corrected chi connectivity index (χ3v) is 7.33. The predicted molar refractivity (Wildman–Crippen MR) is 110 cm³/mol. The van der Waals surface area contributed by atoms with Gasteiger partial charge < -0.3 is 4.52 Å². The summed E-state index contributed by atoms with van der Waals surface area (Å²) >= 11 is 0. The van der Waals surface area contributed by atoms with Gasteiger partial charge >= 0.3 is 0 Å². The van der Waals surface area contributed by atoms with E-state index >= 15 is 0 Å². The van der Waals surface area contributed by atoms with E-state index in [-0.39, 0.29) is 10.9 Å². The maximum absolute atomic E-state index is 13.8. The third-order valence-electron chi connectivity index (χ3n) is 5.43. The molecule has 0 radical (unpaired) electrons. The molecule has 0 bridgehead atoms. The Bertz CT molecular complexity index is 1130. The maximum Gasteiger partial charge on any atom is 0.244 e. The van der Waals surface area contributed by atoms with E-state index in [2.05, 4.69) is 15.0 Å². The fourth-order valence-corrected chi connectivity index (χ4v) is 4.91. The Morgan fingerprint density at radius 1 is 1.07 bits per heavy atom. The first-order chi connectivity index (χ1) is 14.4. The van der Waals surface area contributed by atoms with Crippen molar-refractivity contribution in [2.75, 3.05) is 26.2 Å². The van der Waals surface area contributed by atoms with Gasteiger partial charge in [0, 0.05) is 31.7 Å². The van der Waals surface area contributed by atoms with Crippen LogP contribution in [0.15, 0.2) is 57.9 Å². The summed E-state index contributed by atoms with van der Waals surface area (Å²) in [7, 11) is -3.73. The van der Waals surface area contributed by atoms with E-state index in [1.165, 1.54) is 16.4 Å². The molecule has 2 heterocycles. The van der Waals surface area contributed by atoms with Crippen molar-refractivity contribution in [1.29, 1.82) is 0 Å². The van der Waals surface area contributed by atoms with Crippen LogP contribution < -0.4 is 0 Å². The van der Waals surface area contributed by atoms with Gasteiger partial charge in [0.25, 0.3) is 0 Å². The highest BCUT2D eigenvalue weighted by molar-refractivity contribution is 7.89. The minimum Gasteiger partial charge on any atom is -0.337 e. The largest absolute Gasteiger partial charge is 0.337 e. The normalized spacial score (nSPS) is 17.2. The van der Waals surface area contributed by atoms with Crippen LogP contribution in [0.1, 0.15) is 24.4 Å². The molecule has 0 amide bonds. The lowest BCUT2D eigenvalue weighted by atomic mass is 10.2. The lowest BCUT2D eigenvalue weighted by Gasteiger charge is -2.36. The number of benzene rings is 2. The van der Waals surface area contributed by atoms with Gasteiger partial charge in [-0.1, -0.05) is 41.6 Å². The van der Waals surface area contributed by atoms with Gasteiger partial charge in [-0.15, -0.1) is 0 Å². The van der Waals surface area contributed by atoms with E-state index in [0.717, 1.165) is 11.6 Å². The van der Waals surface area contributed by atoms with Crippen LogP contribution in [0.5, 0.6) is 0 Å². The fraction of sp³-hybridized carbons (Fsp3) is 0.333. The monoisotopic (exact) mass is 430 g/mol. The van der Waals surface area contributed by atoms with Gasteiger partial charge in [0.05, 0.1) is 10.9 Å². The zero-order chi connectivity index (χ0) is 21.3. The van der Waals surface area contributed by atoms with Crippen molar-refractivity contribution < 1.29 is 17.3 Å². The van der Waals surface area contributed by atoms with Crippen LogP contribution in [0.3, 0.4) is 0 Å². The van der Waals surface area contributed by atoms with Crippen LogP contribution in [0, 0.1) is 12.7 Å². The highest BCUT2D eigenvalue weighted by Gasteiger charge is 2.32. The summed E-state index contributed by atoms with van der Waals surface area (Å²) in [5.41, 5.74) is 1.29. The number of piperazine rings is 1. The molecule has 1 unspecified atom stereocenters. The van der Waals surface area contributed by atoms with Gasteiger partial charge in [0.2, 0.25) is 21.7 Å². The van der Waals surface area contributed by atoms with Gasteiger partial charge in [-0.3, -0.25) is 4.90 Å². The molecule has 30 heavy (non-hydrogen) atoms. The highest BCUT2D eigenvalue weighted by Crippen LogP contribution is 2.25. The van der Waals surface area contributed by atoms with E-state index in [1.54, 1.807) is 6.92 Å². The number of halogens is 1. The minimum absolute atomic E-state index is 0.0171. The first-order valence-corrected chi connectivity index (χ1v) is 11.2. The number of hydrogen-bond donors (Lipinski definition) is 0. The van der Waals surface area contributed by atoms with E-state index in [4.69, 9.17) is 4.52 Å². The zero-order valence-electron chi connectivity index (χ0n) is 16.8. The van der Waals surface area contributed by atoms with Gasteiger partial charge in [0.15, 0.2) is 0 Å². The van der Waals surface area contributed by atoms with Gasteiger partial charge in [-0.25, -0.2) is 12.8 Å². The number of aromatic nitrogens is 2. The summed E-state index contributed by atoms with van der Waals surface area (Å²) in [5.74, 6) is 0.500. The quantitative estimate of drug-likeness (QED) is 0.618. The SMILES string of the molecule is Cc1ccc(S(=O)(=O)N2CCN(C(C)c3nc(-c4ccccc4)no3)CC2)cc1F. The predicted octanol–water partition coefficient (Wildman–Crippen LogP) is 3.25. The van der Waals surface area contributed by atoms with Crippen molar-refractivity contribution in [1.82, 2.24) is 19.3 Å². The molecule has 0 N–H and O–H groups in total. The Labute approximate surface area is 175 Å². The molecule has 2 aromatic carbocycles. The molecule has 1 saturated heterocycles. The number of sulfonamides is 1. The van der Waals surface area contributed by atoms with Crippen molar-refractivity contribution >= 4 is 10.0 Å². The standard InChI is InChI=1S/C21H23FN4O3S/c1-15-8-9-18(14-19(15)22)30(27,28)26-12-10-25(11-13-26)16(2)21-23-20(24-29-21)17-6-4-3-5-7-17/h3-9,14,16H,10-13H2,1-2H3. The topological polar surface area (TPSA) is 79.5 Å². The van der Waals surface area contributed by atoms with Crippen LogP contribution in [-0.2, 0) is 10.0 Å². The molecule has 1 aliphatic heterocycles. The third kappa shape index (κ3) is 4.00. The summed E-state index contributed by atoms with van der Waals surface area (Å²) < 4.78 is 46.4. The lowest BCUT2D eigenvalue weighted by molar-refractivity contribution is 0.124. The molecule has 1 aliphatic rings. The summed E-state index contributed by atoms with van der Waals surface area (Å²) in [6.45, 7) is 5.20. The first kappa shape index (κ1) is 20.6. The van der Waals surface area contributed by atoms with Gasteiger partial charge in [-0.05, 0) is 31.5 Å². The second kappa shape index (κ2) is 8.25. The molecular weight excluding hydrogens is 407 g/mol. The minimum atomic E-state index is -3.73. The van der Waals surface area contributed by atoms with Gasteiger partial charge in [-0.2, -0.15) is 9.29 Å². The van der Waals surface area contributed by atoms with E-state index in [0.29, 0.717) is 43.5 Å². The smallest absolute Gasteiger partial charge is 0.244 e. The fourth-order valence-electron chi connectivity index (χ4n) is 3.48.